The summed E-state index contributed by atoms with van der Waals surface area (Å²) in [5.41, 5.74) is 1.45. The van der Waals surface area contributed by atoms with E-state index in [0.717, 1.165) is 0 Å². The third kappa shape index (κ3) is 2.87. The predicted octanol–water partition coefficient (Wildman–Crippen LogP) is 2.96. The second-order valence-electron chi connectivity index (χ2n) is 6.56. The first-order valence-corrected chi connectivity index (χ1v) is 8.70. The van der Waals surface area contributed by atoms with E-state index < -0.39 is 12.0 Å². The highest BCUT2D eigenvalue weighted by Gasteiger charge is 2.48. The molecular weight excluding hydrogens is 346 g/mol. The number of anilines is 2. The molecule has 2 unspecified atom stereocenters. The van der Waals surface area contributed by atoms with Crippen molar-refractivity contribution in [1.82, 2.24) is 0 Å². The number of carbonyl (C=O) groups is 2. The minimum atomic E-state index is -0.851. The first-order valence-electron chi connectivity index (χ1n) is 8.70. The first-order chi connectivity index (χ1) is 13.1. The molecule has 2 aliphatic rings. The van der Waals surface area contributed by atoms with Gasteiger partial charge in [0.05, 0.1) is 17.3 Å². The van der Waals surface area contributed by atoms with Gasteiger partial charge in [0.2, 0.25) is 6.04 Å². The van der Waals surface area contributed by atoms with Crippen molar-refractivity contribution in [2.75, 3.05) is 10.0 Å². The van der Waals surface area contributed by atoms with Crippen LogP contribution in [0, 0.1) is 16.0 Å². The maximum absolute atomic E-state index is 13.3. The fraction of sp³-hybridized carbons (Fsp3) is 0.200. The molecule has 136 valence electrons. The Kier molecular flexibility index (Phi) is 4.19. The van der Waals surface area contributed by atoms with Gasteiger partial charge in [-0.15, -0.1) is 0 Å². The zero-order valence-corrected chi connectivity index (χ0v) is 14.4. The number of rotatable bonds is 3. The Bertz CT molecular complexity index is 927. The second-order valence-corrected chi connectivity index (χ2v) is 6.56. The number of amides is 2. The van der Waals surface area contributed by atoms with E-state index in [1.54, 1.807) is 54.6 Å². The van der Waals surface area contributed by atoms with Gasteiger partial charge in [0.1, 0.15) is 0 Å². The molecule has 1 aliphatic carbocycles. The lowest BCUT2D eigenvalue weighted by atomic mass is 9.82. The summed E-state index contributed by atoms with van der Waals surface area (Å²) in [4.78, 5) is 37.4. The number of nitrogens with zero attached hydrogens (tertiary/aromatic N) is 3. The molecule has 7 nitrogen and oxygen atoms in total. The number of hydrazine groups is 1. The maximum atomic E-state index is 13.3. The third-order valence-electron chi connectivity index (χ3n) is 4.94. The molecule has 1 heterocycles. The average Bonchev–Trinajstić information content (AvgIpc) is 2.71. The van der Waals surface area contributed by atoms with Crippen molar-refractivity contribution in [3.05, 3.63) is 82.4 Å². The van der Waals surface area contributed by atoms with E-state index in [0.29, 0.717) is 16.9 Å². The van der Waals surface area contributed by atoms with Crippen LogP contribution < -0.4 is 10.0 Å². The van der Waals surface area contributed by atoms with Gasteiger partial charge in [-0.1, -0.05) is 42.5 Å². The van der Waals surface area contributed by atoms with E-state index in [9.17, 15) is 19.7 Å². The Morgan fingerprint density at radius 1 is 0.889 bits per heavy atom. The summed E-state index contributed by atoms with van der Waals surface area (Å²) >= 11 is 0. The summed E-state index contributed by atoms with van der Waals surface area (Å²) in [7, 11) is 0. The van der Waals surface area contributed by atoms with E-state index in [1.165, 1.54) is 10.0 Å². The van der Waals surface area contributed by atoms with E-state index in [4.69, 9.17) is 0 Å². The molecule has 0 aromatic heterocycles. The van der Waals surface area contributed by atoms with Crippen molar-refractivity contribution in [2.24, 2.45) is 5.92 Å². The van der Waals surface area contributed by atoms with Gasteiger partial charge < -0.3 is 0 Å². The van der Waals surface area contributed by atoms with Gasteiger partial charge in [-0.2, -0.15) is 0 Å². The molecule has 0 spiro atoms. The molecule has 4 rings (SSSR count). The number of para-hydroxylation sites is 2. The van der Waals surface area contributed by atoms with Gasteiger partial charge in [-0.3, -0.25) is 19.7 Å². The number of benzene rings is 2. The summed E-state index contributed by atoms with van der Waals surface area (Å²) in [6.07, 6.45) is 1.75. The minimum Gasteiger partial charge on any atom is -0.272 e. The van der Waals surface area contributed by atoms with Crippen molar-refractivity contribution in [3.63, 3.8) is 0 Å². The van der Waals surface area contributed by atoms with Crippen LogP contribution in [0.4, 0.5) is 11.4 Å². The Morgan fingerprint density at radius 3 is 2.00 bits per heavy atom. The number of fused-ring (bicyclic) bond motifs is 1. The van der Waals surface area contributed by atoms with Crippen LogP contribution in [0.5, 0.6) is 0 Å². The summed E-state index contributed by atoms with van der Waals surface area (Å²) in [5, 5.41) is 13.9. The Hall–Kier alpha value is -3.48. The molecule has 27 heavy (non-hydrogen) atoms. The SMILES string of the molecule is O=C1C2=CCC([N+](=O)[O-])CC2C(=O)N(c2ccccc2)N1c1ccccc1. The van der Waals surface area contributed by atoms with Crippen molar-refractivity contribution in [1.29, 1.82) is 0 Å². The van der Waals surface area contributed by atoms with Gasteiger partial charge >= 0.3 is 0 Å². The van der Waals surface area contributed by atoms with Crippen LogP contribution >= 0.6 is 0 Å². The van der Waals surface area contributed by atoms with Gasteiger partial charge in [0.25, 0.3) is 11.8 Å². The quantitative estimate of drug-likeness (QED) is 0.620. The molecule has 1 fully saturated rings. The summed E-state index contributed by atoms with van der Waals surface area (Å²) < 4.78 is 0. The third-order valence-corrected chi connectivity index (χ3v) is 4.94. The first kappa shape index (κ1) is 17.0. The lowest BCUT2D eigenvalue weighted by Gasteiger charge is -2.43. The summed E-state index contributed by atoms with van der Waals surface area (Å²) in [5.74, 6) is -1.46. The fourth-order valence-corrected chi connectivity index (χ4v) is 3.62. The fourth-order valence-electron chi connectivity index (χ4n) is 3.62. The number of hydrogen-bond acceptors (Lipinski definition) is 4. The van der Waals surface area contributed by atoms with Gasteiger partial charge in [-0.05, 0) is 24.3 Å². The van der Waals surface area contributed by atoms with Crippen molar-refractivity contribution < 1.29 is 14.5 Å². The molecule has 2 amide bonds. The van der Waals surface area contributed by atoms with E-state index in [1.807, 2.05) is 12.1 Å². The summed E-state index contributed by atoms with van der Waals surface area (Å²) in [6.45, 7) is 0. The number of carbonyl (C=O) groups excluding carboxylic acids is 2. The van der Waals surface area contributed by atoms with Gasteiger partial charge in [0, 0.05) is 23.3 Å². The maximum Gasteiger partial charge on any atom is 0.273 e. The smallest absolute Gasteiger partial charge is 0.272 e. The molecule has 2 atom stereocenters. The van der Waals surface area contributed by atoms with E-state index in [-0.39, 0.29) is 29.6 Å². The molecular formula is C20H17N3O4. The molecule has 0 radical (unpaired) electrons. The number of hydrogen-bond donors (Lipinski definition) is 0. The Morgan fingerprint density at radius 2 is 1.44 bits per heavy atom. The topological polar surface area (TPSA) is 83.8 Å². The van der Waals surface area contributed by atoms with Crippen LogP contribution in [0.1, 0.15) is 12.8 Å². The monoisotopic (exact) mass is 363 g/mol. The van der Waals surface area contributed by atoms with Crippen LogP contribution in [-0.4, -0.2) is 22.8 Å². The zero-order valence-electron chi connectivity index (χ0n) is 14.4. The lowest BCUT2D eigenvalue weighted by molar-refractivity contribution is -0.523. The van der Waals surface area contributed by atoms with Crippen molar-refractivity contribution >= 4 is 23.2 Å². The largest absolute Gasteiger partial charge is 0.273 e. The highest BCUT2D eigenvalue weighted by Crippen LogP contribution is 2.38. The molecule has 2 aromatic carbocycles. The number of nitro groups is 1. The highest BCUT2D eigenvalue weighted by molar-refractivity contribution is 6.20. The van der Waals surface area contributed by atoms with Crippen LogP contribution in [0.2, 0.25) is 0 Å². The van der Waals surface area contributed by atoms with Crippen molar-refractivity contribution in [2.45, 2.75) is 18.9 Å². The highest BCUT2D eigenvalue weighted by atomic mass is 16.6. The predicted molar refractivity (Wildman–Crippen MR) is 99.4 cm³/mol. The average molecular weight is 363 g/mol. The minimum absolute atomic E-state index is 0.0371. The Labute approximate surface area is 155 Å². The molecule has 0 N–H and O–H groups in total. The standard InChI is InChI=1S/C20H17N3O4/c24-19-17-12-11-16(23(26)27)13-18(17)20(25)22(15-9-5-2-6-10-15)21(19)14-7-3-1-4-8-14/h1-10,12,16,18H,11,13H2. The normalized spacial score (nSPS) is 22.3. The van der Waals surface area contributed by atoms with Crippen LogP contribution in [0.15, 0.2) is 72.3 Å². The van der Waals surface area contributed by atoms with Crippen molar-refractivity contribution in [3.8, 4) is 0 Å². The molecule has 1 saturated heterocycles. The Balaban J connectivity index is 1.83. The lowest BCUT2D eigenvalue weighted by Crippen LogP contribution is -2.60. The zero-order chi connectivity index (χ0) is 19.0. The van der Waals surface area contributed by atoms with Crippen LogP contribution in [0.25, 0.3) is 0 Å². The van der Waals surface area contributed by atoms with Gasteiger partial charge in [-0.25, -0.2) is 10.0 Å². The molecule has 2 aromatic rings. The van der Waals surface area contributed by atoms with E-state index in [2.05, 4.69) is 0 Å². The molecule has 7 heteroatoms. The molecule has 0 bridgehead atoms. The van der Waals surface area contributed by atoms with Crippen LogP contribution in [-0.2, 0) is 9.59 Å². The van der Waals surface area contributed by atoms with E-state index >= 15 is 0 Å². The summed E-state index contributed by atoms with van der Waals surface area (Å²) in [6, 6.07) is 16.9. The second kappa shape index (κ2) is 6.68. The van der Waals surface area contributed by atoms with Gasteiger partial charge in [0.15, 0.2) is 0 Å². The molecule has 1 aliphatic heterocycles. The van der Waals surface area contributed by atoms with Crippen LogP contribution in [0.3, 0.4) is 0 Å². The molecule has 0 saturated carbocycles.